The maximum absolute atomic E-state index is 11.1. The zero-order valence-corrected chi connectivity index (χ0v) is 6.82. The molecule has 0 radical (unpaired) electrons. The second kappa shape index (κ2) is 2.57. The fourth-order valence-electron chi connectivity index (χ4n) is 1.87. The molecule has 2 bridgehead atoms. The van der Waals surface area contributed by atoms with Gasteiger partial charge in [0.2, 0.25) is 0 Å². The van der Waals surface area contributed by atoms with Gasteiger partial charge in [0, 0.05) is 23.3 Å². The zero-order valence-electron chi connectivity index (χ0n) is 6.01. The summed E-state index contributed by atoms with van der Waals surface area (Å²) in [6.07, 6.45) is 5.65. The molecular weight excluding hydrogens is 144 g/mol. The van der Waals surface area contributed by atoms with Crippen LogP contribution < -0.4 is 0 Å². The molecule has 2 aliphatic heterocycles. The van der Waals surface area contributed by atoms with Gasteiger partial charge in [0.05, 0.1) is 0 Å². The van der Waals surface area contributed by atoms with E-state index >= 15 is 0 Å². The van der Waals surface area contributed by atoms with Crippen molar-refractivity contribution in [3.8, 4) is 0 Å². The van der Waals surface area contributed by atoms with Gasteiger partial charge in [-0.2, -0.15) is 11.8 Å². The summed E-state index contributed by atoms with van der Waals surface area (Å²) in [6, 6.07) is 0. The van der Waals surface area contributed by atoms with Crippen LogP contribution in [0.3, 0.4) is 0 Å². The molecule has 2 heteroatoms. The number of Topliss-reactive ketones (excluding diaryl/α,β-unsaturated/α-hetero) is 1. The number of thioether (sulfide) groups is 1. The van der Waals surface area contributed by atoms with Crippen LogP contribution in [0.15, 0.2) is 0 Å². The minimum atomic E-state index is 0.508. The zero-order chi connectivity index (χ0) is 6.97. The molecule has 10 heavy (non-hydrogen) atoms. The molecule has 2 aliphatic rings. The smallest absolute Gasteiger partial charge is 0.135 e. The molecule has 56 valence electrons. The van der Waals surface area contributed by atoms with Crippen LogP contribution in [0.25, 0.3) is 0 Å². The first-order valence-electron chi connectivity index (χ1n) is 4.02. The molecule has 0 spiro atoms. The van der Waals surface area contributed by atoms with Gasteiger partial charge in [0.25, 0.3) is 0 Å². The summed E-state index contributed by atoms with van der Waals surface area (Å²) in [5.41, 5.74) is 0. The van der Waals surface area contributed by atoms with Crippen molar-refractivity contribution in [3.05, 3.63) is 0 Å². The van der Waals surface area contributed by atoms with Crippen LogP contribution in [-0.4, -0.2) is 16.3 Å². The molecule has 2 fully saturated rings. The molecule has 0 aromatic heterocycles. The highest BCUT2D eigenvalue weighted by Gasteiger charge is 2.30. The van der Waals surface area contributed by atoms with Crippen LogP contribution in [0.4, 0.5) is 0 Å². The third-order valence-corrected chi connectivity index (χ3v) is 3.92. The number of rotatable bonds is 0. The number of carbonyl (C=O) groups excluding carboxylic acids is 1. The van der Waals surface area contributed by atoms with E-state index in [1.807, 2.05) is 0 Å². The quantitative estimate of drug-likeness (QED) is 0.533. The maximum atomic E-state index is 11.1. The normalized spacial score (nSPS) is 39.8. The van der Waals surface area contributed by atoms with Gasteiger partial charge < -0.3 is 0 Å². The average molecular weight is 156 g/mol. The van der Waals surface area contributed by atoms with Gasteiger partial charge in [0.15, 0.2) is 0 Å². The number of fused-ring (bicyclic) bond motifs is 2. The molecule has 2 atom stereocenters. The van der Waals surface area contributed by atoms with Crippen LogP contribution in [0.2, 0.25) is 0 Å². The Morgan fingerprint density at radius 1 is 1.20 bits per heavy atom. The fourth-order valence-corrected chi connectivity index (χ4v) is 3.59. The molecule has 2 saturated heterocycles. The summed E-state index contributed by atoms with van der Waals surface area (Å²) < 4.78 is 0. The lowest BCUT2D eigenvalue weighted by molar-refractivity contribution is -0.119. The van der Waals surface area contributed by atoms with E-state index in [1.165, 1.54) is 19.3 Å². The summed E-state index contributed by atoms with van der Waals surface area (Å²) >= 11 is 2.06. The van der Waals surface area contributed by atoms with E-state index in [-0.39, 0.29) is 0 Å². The molecule has 0 aromatic carbocycles. The van der Waals surface area contributed by atoms with Crippen molar-refractivity contribution in [2.45, 2.75) is 42.6 Å². The summed E-state index contributed by atoms with van der Waals surface area (Å²) in [7, 11) is 0. The lowest BCUT2D eigenvalue weighted by Crippen LogP contribution is -2.28. The highest BCUT2D eigenvalue weighted by molar-refractivity contribution is 8.00. The molecule has 0 saturated carbocycles. The molecule has 0 amide bonds. The first-order chi connectivity index (χ1) is 4.84. The number of carbonyl (C=O) groups is 1. The molecule has 0 aliphatic carbocycles. The Balaban J connectivity index is 2.05. The van der Waals surface area contributed by atoms with E-state index in [1.54, 1.807) is 0 Å². The third-order valence-electron chi connectivity index (χ3n) is 2.35. The average Bonchev–Trinajstić information content (AvgIpc) is 1.85. The monoisotopic (exact) mass is 156 g/mol. The highest BCUT2D eigenvalue weighted by Crippen LogP contribution is 2.39. The number of hydrogen-bond donors (Lipinski definition) is 0. The van der Waals surface area contributed by atoms with Crippen molar-refractivity contribution in [2.24, 2.45) is 0 Å². The Kier molecular flexibility index (Phi) is 1.73. The minimum absolute atomic E-state index is 0.508. The molecule has 1 nitrogen and oxygen atoms in total. The lowest BCUT2D eigenvalue weighted by Gasteiger charge is -2.32. The predicted octanol–water partition coefficient (Wildman–Crippen LogP) is 2.00. The predicted molar refractivity (Wildman–Crippen MR) is 43.3 cm³/mol. The molecule has 2 rings (SSSR count). The van der Waals surface area contributed by atoms with E-state index in [0.29, 0.717) is 16.3 Å². The Labute approximate surface area is 65.6 Å². The number of ketones is 1. The van der Waals surface area contributed by atoms with Gasteiger partial charge in [-0.15, -0.1) is 0 Å². The molecule has 0 unspecified atom stereocenters. The summed E-state index contributed by atoms with van der Waals surface area (Å²) in [4.78, 5) is 11.1. The fraction of sp³-hybridized carbons (Fsp3) is 0.875. The Morgan fingerprint density at radius 3 is 2.40 bits per heavy atom. The van der Waals surface area contributed by atoms with Gasteiger partial charge in [-0.25, -0.2) is 0 Å². The van der Waals surface area contributed by atoms with Crippen molar-refractivity contribution in [2.75, 3.05) is 0 Å². The lowest BCUT2D eigenvalue weighted by atomic mass is 9.98. The molecule has 0 aromatic rings. The second-order valence-corrected chi connectivity index (χ2v) is 4.86. The minimum Gasteiger partial charge on any atom is -0.300 e. The summed E-state index contributed by atoms with van der Waals surface area (Å²) in [5.74, 6) is 0.508. The van der Waals surface area contributed by atoms with Gasteiger partial charge in [-0.1, -0.05) is 6.42 Å². The van der Waals surface area contributed by atoms with E-state index < -0.39 is 0 Å². The van der Waals surface area contributed by atoms with Crippen LogP contribution in [0.5, 0.6) is 0 Å². The van der Waals surface area contributed by atoms with Gasteiger partial charge >= 0.3 is 0 Å². The molecule has 0 N–H and O–H groups in total. The van der Waals surface area contributed by atoms with E-state index in [0.717, 1.165) is 12.8 Å². The first kappa shape index (κ1) is 6.71. The van der Waals surface area contributed by atoms with Crippen LogP contribution in [0.1, 0.15) is 32.1 Å². The van der Waals surface area contributed by atoms with Crippen molar-refractivity contribution in [1.82, 2.24) is 0 Å². The summed E-state index contributed by atoms with van der Waals surface area (Å²) in [6.45, 7) is 0. The Morgan fingerprint density at radius 2 is 1.80 bits per heavy atom. The van der Waals surface area contributed by atoms with E-state index in [9.17, 15) is 4.79 Å². The van der Waals surface area contributed by atoms with Gasteiger partial charge in [-0.3, -0.25) is 4.79 Å². The van der Waals surface area contributed by atoms with Gasteiger partial charge in [0.1, 0.15) is 5.78 Å². The first-order valence-corrected chi connectivity index (χ1v) is 4.96. The topological polar surface area (TPSA) is 17.1 Å². The van der Waals surface area contributed by atoms with Crippen molar-refractivity contribution in [3.63, 3.8) is 0 Å². The highest BCUT2D eigenvalue weighted by atomic mass is 32.2. The molecule has 2 heterocycles. The van der Waals surface area contributed by atoms with Gasteiger partial charge in [-0.05, 0) is 12.8 Å². The Bertz CT molecular complexity index is 141. The summed E-state index contributed by atoms with van der Waals surface area (Å²) in [5, 5.41) is 1.39. The largest absolute Gasteiger partial charge is 0.300 e. The SMILES string of the molecule is O=C1C[C@H]2CCC[C@@H](C1)S2. The van der Waals surface area contributed by atoms with Crippen LogP contribution in [0, 0.1) is 0 Å². The molecular formula is C8H12OS. The van der Waals surface area contributed by atoms with Crippen molar-refractivity contribution >= 4 is 17.5 Å². The van der Waals surface area contributed by atoms with E-state index in [4.69, 9.17) is 0 Å². The van der Waals surface area contributed by atoms with Crippen LogP contribution in [-0.2, 0) is 4.79 Å². The third kappa shape index (κ3) is 1.22. The number of hydrogen-bond acceptors (Lipinski definition) is 2. The Hall–Kier alpha value is 0.0200. The van der Waals surface area contributed by atoms with Crippen molar-refractivity contribution < 1.29 is 4.79 Å². The maximum Gasteiger partial charge on any atom is 0.135 e. The van der Waals surface area contributed by atoms with Crippen LogP contribution >= 0.6 is 11.8 Å². The van der Waals surface area contributed by atoms with E-state index in [2.05, 4.69) is 11.8 Å². The van der Waals surface area contributed by atoms with Crippen molar-refractivity contribution in [1.29, 1.82) is 0 Å². The second-order valence-electron chi connectivity index (χ2n) is 3.26. The standard InChI is InChI=1S/C8H12OS/c9-6-4-7-2-1-3-8(5-6)10-7/h7-8H,1-5H2/t7-,8+.